The van der Waals surface area contributed by atoms with Gasteiger partial charge < -0.3 is 14.2 Å². The van der Waals surface area contributed by atoms with Crippen molar-refractivity contribution in [2.45, 2.75) is 13.3 Å². The van der Waals surface area contributed by atoms with E-state index in [0.29, 0.717) is 6.79 Å². The maximum atomic E-state index is 5.30. The molecule has 1 heterocycles. The summed E-state index contributed by atoms with van der Waals surface area (Å²) in [4.78, 5) is 0. The molecule has 0 aromatic heterocycles. The lowest BCUT2D eigenvalue weighted by molar-refractivity contribution is -0.166. The normalized spacial score (nSPS) is 19.8. The second-order valence-electron chi connectivity index (χ2n) is 3.15. The van der Waals surface area contributed by atoms with Gasteiger partial charge in [0, 0.05) is 5.41 Å². The summed E-state index contributed by atoms with van der Waals surface area (Å²) in [5, 5.41) is 0. The van der Waals surface area contributed by atoms with Crippen molar-refractivity contribution in [2.24, 2.45) is 5.41 Å². The van der Waals surface area contributed by atoms with Crippen molar-refractivity contribution in [3.05, 3.63) is 12.8 Å². The van der Waals surface area contributed by atoms with Crippen LogP contribution in [-0.4, -0.2) is 26.6 Å². The molecule has 70 valence electrons. The molecule has 0 atom stereocenters. The maximum absolute atomic E-state index is 5.30. The maximum Gasteiger partial charge on any atom is 0.188 e. The Bertz CT molecular complexity index is 135. The molecule has 3 nitrogen and oxygen atoms in total. The Balaban J connectivity index is 2.07. The second kappa shape index (κ2) is 4.48. The molecule has 12 heavy (non-hydrogen) atoms. The van der Waals surface area contributed by atoms with Gasteiger partial charge in [0.1, 0.15) is 0 Å². The van der Waals surface area contributed by atoms with Crippen molar-refractivity contribution in [2.75, 3.05) is 26.6 Å². The van der Waals surface area contributed by atoms with E-state index in [1.54, 1.807) is 0 Å². The van der Waals surface area contributed by atoms with E-state index in [1.807, 2.05) is 0 Å². The summed E-state index contributed by atoms with van der Waals surface area (Å²) >= 11 is 0. The molecule has 0 aromatic carbocycles. The molecule has 0 aromatic rings. The largest absolute Gasteiger partial charge is 0.476 e. The lowest BCUT2D eigenvalue weighted by Gasteiger charge is -2.40. The SMILES string of the molecule is C=COCOCC1(CC)COC1. The van der Waals surface area contributed by atoms with Crippen LogP contribution in [0.3, 0.4) is 0 Å². The van der Waals surface area contributed by atoms with Crippen LogP contribution < -0.4 is 0 Å². The Morgan fingerprint density at radius 3 is 2.75 bits per heavy atom. The van der Waals surface area contributed by atoms with E-state index in [0.717, 1.165) is 26.2 Å². The Morgan fingerprint density at radius 2 is 2.33 bits per heavy atom. The molecule has 3 heteroatoms. The van der Waals surface area contributed by atoms with Gasteiger partial charge in [0.15, 0.2) is 6.79 Å². The zero-order chi connectivity index (χ0) is 8.86. The van der Waals surface area contributed by atoms with Gasteiger partial charge in [-0.15, -0.1) is 0 Å². The zero-order valence-electron chi connectivity index (χ0n) is 7.54. The highest BCUT2D eigenvalue weighted by Crippen LogP contribution is 2.31. The molecular formula is C9H16O3. The molecule has 1 aliphatic rings. The van der Waals surface area contributed by atoms with Crippen LogP contribution in [0.5, 0.6) is 0 Å². The Hall–Kier alpha value is -0.540. The third kappa shape index (κ3) is 2.22. The highest BCUT2D eigenvalue weighted by atomic mass is 16.7. The van der Waals surface area contributed by atoms with Crippen molar-refractivity contribution in [1.29, 1.82) is 0 Å². The van der Waals surface area contributed by atoms with Crippen molar-refractivity contribution < 1.29 is 14.2 Å². The number of rotatable bonds is 6. The lowest BCUT2D eigenvalue weighted by Crippen LogP contribution is -2.45. The predicted octanol–water partition coefficient (Wildman–Crippen LogP) is 1.55. The van der Waals surface area contributed by atoms with E-state index in [4.69, 9.17) is 14.2 Å². The Kier molecular flexibility index (Phi) is 3.56. The lowest BCUT2D eigenvalue weighted by atomic mass is 9.84. The van der Waals surface area contributed by atoms with Gasteiger partial charge >= 0.3 is 0 Å². The minimum Gasteiger partial charge on any atom is -0.476 e. The van der Waals surface area contributed by atoms with Crippen LogP contribution in [0.15, 0.2) is 12.8 Å². The van der Waals surface area contributed by atoms with Crippen molar-refractivity contribution in [1.82, 2.24) is 0 Å². The molecular weight excluding hydrogens is 156 g/mol. The molecule has 1 aliphatic heterocycles. The van der Waals surface area contributed by atoms with Gasteiger partial charge in [-0.2, -0.15) is 0 Å². The van der Waals surface area contributed by atoms with Crippen LogP contribution in [0.2, 0.25) is 0 Å². The Morgan fingerprint density at radius 1 is 1.58 bits per heavy atom. The smallest absolute Gasteiger partial charge is 0.188 e. The second-order valence-corrected chi connectivity index (χ2v) is 3.15. The zero-order valence-corrected chi connectivity index (χ0v) is 7.54. The fourth-order valence-corrected chi connectivity index (χ4v) is 1.13. The van der Waals surface area contributed by atoms with Gasteiger partial charge in [0.2, 0.25) is 0 Å². The first-order valence-electron chi connectivity index (χ1n) is 4.21. The van der Waals surface area contributed by atoms with Gasteiger partial charge in [-0.05, 0) is 6.42 Å². The van der Waals surface area contributed by atoms with Crippen LogP contribution in [-0.2, 0) is 14.2 Å². The molecule has 1 saturated heterocycles. The quantitative estimate of drug-likeness (QED) is 0.345. The average molecular weight is 172 g/mol. The van der Waals surface area contributed by atoms with Gasteiger partial charge in [-0.3, -0.25) is 0 Å². The number of ether oxygens (including phenoxy) is 3. The van der Waals surface area contributed by atoms with Gasteiger partial charge in [0.05, 0.1) is 26.1 Å². The van der Waals surface area contributed by atoms with Crippen LogP contribution in [0.25, 0.3) is 0 Å². The van der Waals surface area contributed by atoms with Crippen LogP contribution >= 0.6 is 0 Å². The topological polar surface area (TPSA) is 27.7 Å². The molecule has 0 spiro atoms. The van der Waals surface area contributed by atoms with E-state index in [9.17, 15) is 0 Å². The van der Waals surface area contributed by atoms with E-state index in [2.05, 4.69) is 13.5 Å². The third-order valence-electron chi connectivity index (χ3n) is 2.24. The fourth-order valence-electron chi connectivity index (χ4n) is 1.13. The van der Waals surface area contributed by atoms with Crippen LogP contribution in [0.4, 0.5) is 0 Å². The molecule has 1 rings (SSSR count). The van der Waals surface area contributed by atoms with Gasteiger partial charge in [-0.25, -0.2) is 0 Å². The molecule has 0 amide bonds. The summed E-state index contributed by atoms with van der Waals surface area (Å²) < 4.78 is 15.3. The Labute approximate surface area is 73.3 Å². The molecule has 0 aliphatic carbocycles. The number of hydrogen-bond donors (Lipinski definition) is 0. The van der Waals surface area contributed by atoms with E-state index in [1.165, 1.54) is 6.26 Å². The first-order valence-corrected chi connectivity index (χ1v) is 4.21. The molecule has 1 fully saturated rings. The van der Waals surface area contributed by atoms with Gasteiger partial charge in [-0.1, -0.05) is 13.5 Å². The summed E-state index contributed by atoms with van der Waals surface area (Å²) in [5.41, 5.74) is 0.254. The van der Waals surface area contributed by atoms with E-state index in [-0.39, 0.29) is 5.41 Å². The van der Waals surface area contributed by atoms with Crippen LogP contribution in [0.1, 0.15) is 13.3 Å². The van der Waals surface area contributed by atoms with E-state index < -0.39 is 0 Å². The molecule has 0 N–H and O–H groups in total. The highest BCUT2D eigenvalue weighted by Gasteiger charge is 2.36. The molecule has 0 saturated carbocycles. The first-order chi connectivity index (χ1) is 5.83. The van der Waals surface area contributed by atoms with Crippen molar-refractivity contribution >= 4 is 0 Å². The minimum absolute atomic E-state index is 0.254. The average Bonchev–Trinajstić information content (AvgIpc) is 2.02. The molecule has 0 radical (unpaired) electrons. The highest BCUT2D eigenvalue weighted by molar-refractivity contribution is 4.83. The summed E-state index contributed by atoms with van der Waals surface area (Å²) in [7, 11) is 0. The van der Waals surface area contributed by atoms with Crippen LogP contribution in [0, 0.1) is 5.41 Å². The standard InChI is InChI=1S/C9H16O3/c1-3-9(5-11-6-9)7-12-8-10-4-2/h4H,2-3,5-8H2,1H3. The van der Waals surface area contributed by atoms with Crippen molar-refractivity contribution in [3.63, 3.8) is 0 Å². The number of hydrogen-bond acceptors (Lipinski definition) is 3. The van der Waals surface area contributed by atoms with Crippen molar-refractivity contribution in [3.8, 4) is 0 Å². The first kappa shape index (κ1) is 9.55. The minimum atomic E-state index is 0.254. The third-order valence-corrected chi connectivity index (χ3v) is 2.24. The van der Waals surface area contributed by atoms with E-state index >= 15 is 0 Å². The predicted molar refractivity (Wildman–Crippen MR) is 45.6 cm³/mol. The summed E-state index contributed by atoms with van der Waals surface area (Å²) in [5.74, 6) is 0. The fraction of sp³-hybridized carbons (Fsp3) is 0.778. The summed E-state index contributed by atoms with van der Waals surface area (Å²) in [6, 6.07) is 0. The molecule has 0 unspecified atom stereocenters. The monoisotopic (exact) mass is 172 g/mol. The summed E-state index contributed by atoms with van der Waals surface area (Å²) in [6.07, 6.45) is 2.48. The summed E-state index contributed by atoms with van der Waals surface area (Å²) in [6.45, 7) is 8.23. The van der Waals surface area contributed by atoms with Gasteiger partial charge in [0.25, 0.3) is 0 Å². The molecule has 0 bridgehead atoms.